The molecule has 0 spiro atoms. The van der Waals surface area contributed by atoms with E-state index < -0.39 is 0 Å². The molecular weight excluding hydrogens is 250 g/mol. The van der Waals surface area contributed by atoms with E-state index in [9.17, 15) is 4.79 Å². The van der Waals surface area contributed by atoms with E-state index >= 15 is 0 Å². The van der Waals surface area contributed by atoms with Gasteiger partial charge in [0.2, 0.25) is 0 Å². The van der Waals surface area contributed by atoms with Crippen molar-refractivity contribution in [2.24, 2.45) is 0 Å². The number of piperazine rings is 1. The van der Waals surface area contributed by atoms with Crippen LogP contribution in [-0.2, 0) is 0 Å². The molecule has 0 saturated carbocycles. The summed E-state index contributed by atoms with van der Waals surface area (Å²) >= 11 is 0. The highest BCUT2D eigenvalue weighted by Crippen LogP contribution is 2.28. The lowest BCUT2D eigenvalue weighted by atomic mass is 10.0. The Kier molecular flexibility index (Phi) is 3.74. The van der Waals surface area contributed by atoms with E-state index in [1.807, 2.05) is 24.3 Å². The molecule has 1 fully saturated rings. The van der Waals surface area contributed by atoms with Gasteiger partial charge >= 0.3 is 0 Å². The summed E-state index contributed by atoms with van der Waals surface area (Å²) in [7, 11) is 0. The van der Waals surface area contributed by atoms with Gasteiger partial charge in [-0.15, -0.1) is 0 Å². The third kappa shape index (κ3) is 2.42. The van der Waals surface area contributed by atoms with Gasteiger partial charge in [-0.1, -0.05) is 30.3 Å². The Morgan fingerprint density at radius 3 is 2.85 bits per heavy atom. The number of benzene rings is 1. The summed E-state index contributed by atoms with van der Waals surface area (Å²) in [5.41, 5.74) is 1.89. The molecule has 1 aromatic carbocycles. The van der Waals surface area contributed by atoms with Crippen molar-refractivity contribution < 1.29 is 4.79 Å². The monoisotopic (exact) mass is 267 g/mol. The molecule has 2 heterocycles. The van der Waals surface area contributed by atoms with Crippen molar-refractivity contribution in [1.82, 2.24) is 10.3 Å². The molecule has 20 heavy (non-hydrogen) atoms. The van der Waals surface area contributed by atoms with Crippen molar-refractivity contribution in [1.29, 1.82) is 0 Å². The first-order chi connectivity index (χ1) is 9.90. The van der Waals surface area contributed by atoms with E-state index in [1.165, 1.54) is 5.56 Å². The van der Waals surface area contributed by atoms with Crippen LogP contribution in [0.5, 0.6) is 0 Å². The smallest absolute Gasteiger partial charge is 0.153 e. The zero-order valence-corrected chi connectivity index (χ0v) is 11.2. The predicted molar refractivity (Wildman–Crippen MR) is 79.0 cm³/mol. The Labute approximate surface area is 118 Å². The topological polar surface area (TPSA) is 45.2 Å². The second kappa shape index (κ2) is 5.84. The lowest BCUT2D eigenvalue weighted by molar-refractivity contribution is 0.112. The SMILES string of the molecule is O=Cc1cccnc1N1CCNCC1c1ccccc1. The third-order valence-electron chi connectivity index (χ3n) is 3.64. The van der Waals surface area contributed by atoms with E-state index in [2.05, 4.69) is 27.3 Å². The summed E-state index contributed by atoms with van der Waals surface area (Å²) < 4.78 is 0. The van der Waals surface area contributed by atoms with Crippen molar-refractivity contribution >= 4 is 12.1 Å². The number of carbonyl (C=O) groups is 1. The molecule has 1 aliphatic heterocycles. The largest absolute Gasteiger partial charge is 0.346 e. The lowest BCUT2D eigenvalue weighted by Gasteiger charge is -2.38. The molecular formula is C16H17N3O. The number of pyridine rings is 1. The molecule has 3 rings (SSSR count). The predicted octanol–water partition coefficient (Wildman–Crippen LogP) is 2.04. The van der Waals surface area contributed by atoms with Crippen LogP contribution in [0.4, 0.5) is 5.82 Å². The van der Waals surface area contributed by atoms with Crippen molar-refractivity contribution in [3.63, 3.8) is 0 Å². The van der Waals surface area contributed by atoms with Gasteiger partial charge in [0.25, 0.3) is 0 Å². The molecule has 0 amide bonds. The van der Waals surface area contributed by atoms with Crippen molar-refractivity contribution in [2.45, 2.75) is 6.04 Å². The molecule has 0 aliphatic carbocycles. The molecule has 1 unspecified atom stereocenters. The standard InChI is InChI=1S/C16H17N3O/c20-12-14-7-4-8-18-16(14)19-10-9-17-11-15(19)13-5-2-1-3-6-13/h1-8,12,15,17H,9-11H2. The van der Waals surface area contributed by atoms with E-state index in [4.69, 9.17) is 0 Å². The van der Waals surface area contributed by atoms with E-state index in [-0.39, 0.29) is 6.04 Å². The van der Waals surface area contributed by atoms with Crippen molar-refractivity contribution in [2.75, 3.05) is 24.5 Å². The molecule has 4 nitrogen and oxygen atoms in total. The van der Waals surface area contributed by atoms with Crippen LogP contribution in [0, 0.1) is 0 Å². The minimum absolute atomic E-state index is 0.207. The molecule has 2 aromatic rings. The van der Waals surface area contributed by atoms with Gasteiger partial charge in [0.1, 0.15) is 5.82 Å². The first-order valence-electron chi connectivity index (χ1n) is 6.82. The Hall–Kier alpha value is -2.20. The highest BCUT2D eigenvalue weighted by atomic mass is 16.1. The minimum Gasteiger partial charge on any atom is -0.346 e. The molecule has 0 radical (unpaired) electrons. The van der Waals surface area contributed by atoms with Crippen LogP contribution in [0.1, 0.15) is 22.0 Å². The Balaban J connectivity index is 1.99. The van der Waals surface area contributed by atoms with Crippen LogP contribution in [0.25, 0.3) is 0 Å². The number of nitrogens with zero attached hydrogens (tertiary/aromatic N) is 2. The van der Waals surface area contributed by atoms with Crippen LogP contribution in [-0.4, -0.2) is 30.9 Å². The van der Waals surface area contributed by atoms with Crippen LogP contribution in [0.2, 0.25) is 0 Å². The summed E-state index contributed by atoms with van der Waals surface area (Å²) in [4.78, 5) is 17.9. The van der Waals surface area contributed by atoms with E-state index in [0.29, 0.717) is 5.56 Å². The maximum Gasteiger partial charge on any atom is 0.153 e. The van der Waals surface area contributed by atoms with Gasteiger partial charge in [0, 0.05) is 25.8 Å². The first-order valence-corrected chi connectivity index (χ1v) is 6.82. The summed E-state index contributed by atoms with van der Waals surface area (Å²) in [5, 5.41) is 3.41. The first kappa shape index (κ1) is 12.8. The molecule has 1 N–H and O–H groups in total. The number of aromatic nitrogens is 1. The van der Waals surface area contributed by atoms with Crippen molar-refractivity contribution in [3.8, 4) is 0 Å². The molecule has 1 aromatic heterocycles. The third-order valence-corrected chi connectivity index (χ3v) is 3.64. The quantitative estimate of drug-likeness (QED) is 0.864. The zero-order chi connectivity index (χ0) is 13.8. The number of hydrogen-bond acceptors (Lipinski definition) is 4. The molecule has 102 valence electrons. The highest BCUT2D eigenvalue weighted by Gasteiger charge is 2.26. The molecule has 0 bridgehead atoms. The van der Waals surface area contributed by atoms with Crippen LogP contribution in [0.15, 0.2) is 48.7 Å². The molecule has 1 saturated heterocycles. The van der Waals surface area contributed by atoms with Gasteiger partial charge in [-0.3, -0.25) is 4.79 Å². The molecule has 1 atom stereocenters. The number of aldehydes is 1. The number of rotatable bonds is 3. The number of anilines is 1. The van der Waals surface area contributed by atoms with Crippen LogP contribution in [0.3, 0.4) is 0 Å². The second-order valence-electron chi connectivity index (χ2n) is 4.86. The average molecular weight is 267 g/mol. The van der Waals surface area contributed by atoms with Gasteiger partial charge in [-0.2, -0.15) is 0 Å². The average Bonchev–Trinajstić information content (AvgIpc) is 2.55. The number of nitrogens with one attached hydrogen (secondary N) is 1. The van der Waals surface area contributed by atoms with E-state index in [0.717, 1.165) is 31.7 Å². The fourth-order valence-corrected chi connectivity index (χ4v) is 2.67. The molecule has 4 heteroatoms. The van der Waals surface area contributed by atoms with Crippen molar-refractivity contribution in [3.05, 3.63) is 59.8 Å². The maximum absolute atomic E-state index is 11.2. The summed E-state index contributed by atoms with van der Waals surface area (Å²) in [6.45, 7) is 2.61. The summed E-state index contributed by atoms with van der Waals surface area (Å²) in [6, 6.07) is 14.2. The van der Waals surface area contributed by atoms with Gasteiger partial charge in [0.05, 0.1) is 11.6 Å². The Morgan fingerprint density at radius 2 is 2.05 bits per heavy atom. The van der Waals surface area contributed by atoms with Gasteiger partial charge in [0.15, 0.2) is 6.29 Å². The number of carbonyl (C=O) groups excluding carboxylic acids is 1. The normalized spacial score (nSPS) is 18.8. The molecule has 1 aliphatic rings. The summed E-state index contributed by atoms with van der Waals surface area (Å²) in [5.74, 6) is 0.776. The zero-order valence-electron chi connectivity index (χ0n) is 11.2. The maximum atomic E-state index is 11.2. The fourth-order valence-electron chi connectivity index (χ4n) is 2.67. The Bertz CT molecular complexity index is 585. The fraction of sp³-hybridized carbons (Fsp3) is 0.250. The van der Waals surface area contributed by atoms with Gasteiger partial charge in [-0.05, 0) is 17.7 Å². The Morgan fingerprint density at radius 1 is 1.20 bits per heavy atom. The number of hydrogen-bond donors (Lipinski definition) is 1. The second-order valence-corrected chi connectivity index (χ2v) is 4.86. The highest BCUT2D eigenvalue weighted by molar-refractivity contribution is 5.82. The van der Waals surface area contributed by atoms with E-state index in [1.54, 1.807) is 12.3 Å². The van der Waals surface area contributed by atoms with Gasteiger partial charge < -0.3 is 10.2 Å². The van der Waals surface area contributed by atoms with Crippen LogP contribution < -0.4 is 10.2 Å². The van der Waals surface area contributed by atoms with Gasteiger partial charge in [-0.25, -0.2) is 4.98 Å². The minimum atomic E-state index is 0.207. The summed E-state index contributed by atoms with van der Waals surface area (Å²) in [6.07, 6.45) is 2.62. The van der Waals surface area contributed by atoms with Crippen LogP contribution >= 0.6 is 0 Å². The lowest BCUT2D eigenvalue weighted by Crippen LogP contribution is -2.46.